The van der Waals surface area contributed by atoms with Crippen LogP contribution in [0.1, 0.15) is 45.1 Å². The van der Waals surface area contributed by atoms with E-state index in [0.29, 0.717) is 12.5 Å². The van der Waals surface area contributed by atoms with E-state index in [0.717, 1.165) is 24.9 Å². The van der Waals surface area contributed by atoms with Gasteiger partial charge in [-0.15, -0.1) is 0 Å². The molecule has 0 bridgehead atoms. The van der Waals surface area contributed by atoms with Gasteiger partial charge in [0.15, 0.2) is 0 Å². The summed E-state index contributed by atoms with van der Waals surface area (Å²) in [5.74, 6) is 0.702. The Bertz CT molecular complexity index is 613. The second-order valence-corrected chi connectivity index (χ2v) is 6.09. The van der Waals surface area contributed by atoms with E-state index in [2.05, 4.69) is 45.0 Å². The van der Waals surface area contributed by atoms with Crippen LogP contribution in [0.15, 0.2) is 30.5 Å². The van der Waals surface area contributed by atoms with Gasteiger partial charge in [0.05, 0.1) is 0 Å². The smallest absolute Gasteiger partial charge is 0.242 e. The minimum Gasteiger partial charge on any atom is -0.344 e. The number of carbonyl (C=O) groups is 1. The van der Waals surface area contributed by atoms with Crippen LogP contribution in [-0.4, -0.2) is 29.0 Å². The highest BCUT2D eigenvalue weighted by molar-refractivity contribution is 5.84. The van der Waals surface area contributed by atoms with Crippen LogP contribution < -0.4 is 0 Å². The zero-order valence-electron chi connectivity index (χ0n) is 13.6. The van der Waals surface area contributed by atoms with Crippen molar-refractivity contribution >= 4 is 16.8 Å². The normalized spacial score (nSPS) is 11.3. The molecule has 1 aromatic carbocycles. The third kappa shape index (κ3) is 3.66. The van der Waals surface area contributed by atoms with Gasteiger partial charge in [0.25, 0.3) is 0 Å². The van der Waals surface area contributed by atoms with Gasteiger partial charge in [-0.3, -0.25) is 4.79 Å². The van der Waals surface area contributed by atoms with Gasteiger partial charge in [-0.2, -0.15) is 0 Å². The maximum absolute atomic E-state index is 12.2. The Morgan fingerprint density at radius 2 is 2.05 bits per heavy atom. The Morgan fingerprint density at radius 3 is 2.71 bits per heavy atom. The summed E-state index contributed by atoms with van der Waals surface area (Å²) in [4.78, 5) is 14.1. The molecular weight excluding hydrogens is 260 g/mol. The molecule has 0 spiro atoms. The maximum atomic E-state index is 12.2. The fourth-order valence-electron chi connectivity index (χ4n) is 2.50. The summed E-state index contributed by atoms with van der Waals surface area (Å²) in [5, 5.41) is 1.21. The van der Waals surface area contributed by atoms with Crippen LogP contribution in [0.5, 0.6) is 0 Å². The summed E-state index contributed by atoms with van der Waals surface area (Å²) in [7, 11) is 1.89. The van der Waals surface area contributed by atoms with E-state index >= 15 is 0 Å². The van der Waals surface area contributed by atoms with Gasteiger partial charge in [-0.1, -0.05) is 33.3 Å². The lowest BCUT2D eigenvalue weighted by Crippen LogP contribution is -2.30. The van der Waals surface area contributed by atoms with Crippen molar-refractivity contribution in [2.45, 2.75) is 46.1 Å². The first-order chi connectivity index (χ1) is 10.0. The summed E-state index contributed by atoms with van der Waals surface area (Å²) in [5.41, 5.74) is 2.48. The number of rotatable bonds is 6. The Morgan fingerprint density at radius 1 is 1.29 bits per heavy atom. The summed E-state index contributed by atoms with van der Waals surface area (Å²) in [6.45, 7) is 7.80. The molecule has 0 N–H and O–H groups in total. The molecular formula is C18H26N2O. The number of fused-ring (bicyclic) bond motifs is 1. The molecule has 0 aliphatic rings. The Hall–Kier alpha value is -1.77. The summed E-state index contributed by atoms with van der Waals surface area (Å²) >= 11 is 0. The van der Waals surface area contributed by atoms with E-state index < -0.39 is 0 Å². The lowest BCUT2D eigenvalue weighted by molar-refractivity contribution is -0.130. The van der Waals surface area contributed by atoms with Crippen molar-refractivity contribution < 1.29 is 4.79 Å². The minimum atomic E-state index is 0.175. The monoisotopic (exact) mass is 286 g/mol. The molecule has 0 unspecified atom stereocenters. The van der Waals surface area contributed by atoms with Crippen molar-refractivity contribution in [3.05, 3.63) is 36.0 Å². The van der Waals surface area contributed by atoms with E-state index in [1.165, 1.54) is 10.9 Å². The SMILES string of the molecule is CCCCN(C)C(=O)Cn1ccc2cc(C(C)C)ccc21. The highest BCUT2D eigenvalue weighted by Gasteiger charge is 2.11. The highest BCUT2D eigenvalue weighted by Crippen LogP contribution is 2.22. The second kappa shape index (κ2) is 6.79. The van der Waals surface area contributed by atoms with Crippen LogP contribution in [0.25, 0.3) is 10.9 Å². The number of unbranched alkanes of at least 4 members (excludes halogenated alkanes) is 1. The van der Waals surface area contributed by atoms with Crippen molar-refractivity contribution in [3.63, 3.8) is 0 Å². The molecule has 1 amide bonds. The Kier molecular flexibility index (Phi) is 5.05. The van der Waals surface area contributed by atoms with Gasteiger partial charge >= 0.3 is 0 Å². The average Bonchev–Trinajstić information content (AvgIpc) is 2.86. The van der Waals surface area contributed by atoms with Gasteiger partial charge in [-0.05, 0) is 41.5 Å². The molecule has 1 heterocycles. The van der Waals surface area contributed by atoms with Gasteiger partial charge < -0.3 is 9.47 Å². The molecule has 2 aromatic rings. The molecule has 3 heteroatoms. The van der Waals surface area contributed by atoms with Crippen LogP contribution in [0.4, 0.5) is 0 Å². The fraction of sp³-hybridized carbons (Fsp3) is 0.500. The summed E-state index contributed by atoms with van der Waals surface area (Å²) in [6, 6.07) is 8.61. The molecule has 0 aliphatic heterocycles. The quantitative estimate of drug-likeness (QED) is 0.787. The predicted octanol–water partition coefficient (Wildman–Crippen LogP) is 4.02. The van der Waals surface area contributed by atoms with Crippen molar-refractivity contribution in [1.82, 2.24) is 9.47 Å². The largest absolute Gasteiger partial charge is 0.344 e. The predicted molar refractivity (Wildman–Crippen MR) is 88.6 cm³/mol. The molecule has 2 rings (SSSR count). The summed E-state index contributed by atoms with van der Waals surface area (Å²) < 4.78 is 2.05. The van der Waals surface area contributed by atoms with Crippen molar-refractivity contribution in [1.29, 1.82) is 0 Å². The number of benzene rings is 1. The molecule has 1 aromatic heterocycles. The first kappa shape index (κ1) is 15.6. The van der Waals surface area contributed by atoms with Crippen LogP contribution in [0.3, 0.4) is 0 Å². The van der Waals surface area contributed by atoms with Gasteiger partial charge in [0.1, 0.15) is 6.54 Å². The molecule has 114 valence electrons. The zero-order valence-corrected chi connectivity index (χ0v) is 13.6. The van der Waals surface area contributed by atoms with Crippen molar-refractivity contribution in [2.75, 3.05) is 13.6 Å². The number of hydrogen-bond acceptors (Lipinski definition) is 1. The molecule has 21 heavy (non-hydrogen) atoms. The second-order valence-electron chi connectivity index (χ2n) is 6.09. The van der Waals surface area contributed by atoms with Crippen LogP contribution in [0, 0.1) is 0 Å². The van der Waals surface area contributed by atoms with E-state index in [-0.39, 0.29) is 5.91 Å². The van der Waals surface area contributed by atoms with E-state index in [4.69, 9.17) is 0 Å². The third-order valence-electron chi connectivity index (χ3n) is 4.04. The zero-order chi connectivity index (χ0) is 15.4. The van der Waals surface area contributed by atoms with Crippen LogP contribution >= 0.6 is 0 Å². The third-order valence-corrected chi connectivity index (χ3v) is 4.04. The number of aromatic nitrogens is 1. The van der Waals surface area contributed by atoms with E-state index in [1.807, 2.05) is 22.7 Å². The van der Waals surface area contributed by atoms with Crippen LogP contribution in [-0.2, 0) is 11.3 Å². The highest BCUT2D eigenvalue weighted by atomic mass is 16.2. The van der Waals surface area contributed by atoms with E-state index in [9.17, 15) is 4.79 Å². The Balaban J connectivity index is 2.14. The first-order valence-corrected chi connectivity index (χ1v) is 7.85. The molecule has 0 saturated carbocycles. The number of nitrogens with zero attached hydrogens (tertiary/aromatic N) is 2. The van der Waals surface area contributed by atoms with Crippen molar-refractivity contribution in [3.8, 4) is 0 Å². The molecule has 0 fully saturated rings. The van der Waals surface area contributed by atoms with Gasteiger partial charge in [-0.25, -0.2) is 0 Å². The molecule has 0 saturated heterocycles. The molecule has 3 nitrogen and oxygen atoms in total. The topological polar surface area (TPSA) is 25.2 Å². The molecule has 0 aliphatic carbocycles. The minimum absolute atomic E-state index is 0.175. The number of amides is 1. The van der Waals surface area contributed by atoms with Crippen molar-refractivity contribution in [2.24, 2.45) is 0 Å². The summed E-state index contributed by atoms with van der Waals surface area (Å²) in [6.07, 6.45) is 4.19. The Labute approximate surface area is 127 Å². The lowest BCUT2D eigenvalue weighted by atomic mass is 10.0. The number of carbonyl (C=O) groups excluding carboxylic acids is 1. The lowest BCUT2D eigenvalue weighted by Gasteiger charge is -2.17. The van der Waals surface area contributed by atoms with Crippen LogP contribution in [0.2, 0.25) is 0 Å². The average molecular weight is 286 g/mol. The molecule has 0 radical (unpaired) electrons. The molecule has 0 atom stereocenters. The van der Waals surface area contributed by atoms with E-state index in [1.54, 1.807) is 0 Å². The maximum Gasteiger partial charge on any atom is 0.242 e. The number of likely N-dealkylation sites (N-methyl/N-ethyl adjacent to an activating group) is 1. The standard InChI is InChI=1S/C18H26N2O/c1-5-6-10-19(4)18(21)13-20-11-9-16-12-15(14(2)3)7-8-17(16)20/h7-9,11-12,14H,5-6,10,13H2,1-4H3. The van der Waals surface area contributed by atoms with Gasteiger partial charge in [0, 0.05) is 25.3 Å². The fourth-order valence-corrected chi connectivity index (χ4v) is 2.50. The first-order valence-electron chi connectivity index (χ1n) is 7.85. The van der Waals surface area contributed by atoms with Gasteiger partial charge in [0.2, 0.25) is 5.91 Å². The number of hydrogen-bond donors (Lipinski definition) is 0.